The maximum atomic E-state index is 12.5. The predicted octanol–water partition coefficient (Wildman–Crippen LogP) is 2.64. The smallest absolute Gasteiger partial charge is 0.239 e. The highest BCUT2D eigenvalue weighted by atomic mass is 35.5. The van der Waals surface area contributed by atoms with E-state index in [1.165, 1.54) is 12.0 Å². The summed E-state index contributed by atoms with van der Waals surface area (Å²) in [5, 5.41) is 3.33. The molecule has 2 aliphatic heterocycles. The molecule has 0 aliphatic carbocycles. The molecule has 0 radical (unpaired) electrons. The van der Waals surface area contributed by atoms with E-state index in [4.69, 9.17) is 0 Å². The first-order valence-electron chi connectivity index (χ1n) is 7.89. The first-order valence-corrected chi connectivity index (χ1v) is 7.89. The number of carbonyl (C=O) groups is 1. The zero-order chi connectivity index (χ0) is 13.8. The molecule has 1 N–H and O–H groups in total. The number of amides is 1. The summed E-state index contributed by atoms with van der Waals surface area (Å²) in [6.45, 7) is 2.88. The van der Waals surface area contributed by atoms with Crippen molar-refractivity contribution in [2.75, 3.05) is 19.6 Å². The van der Waals surface area contributed by atoms with Crippen LogP contribution in [0.4, 0.5) is 0 Å². The van der Waals surface area contributed by atoms with E-state index < -0.39 is 0 Å². The summed E-state index contributed by atoms with van der Waals surface area (Å²) in [6, 6.07) is 10.7. The van der Waals surface area contributed by atoms with Gasteiger partial charge in [0.15, 0.2) is 0 Å². The highest BCUT2D eigenvalue weighted by molar-refractivity contribution is 5.85. The Balaban J connectivity index is 0.00000161. The molecular weight excluding hydrogens is 284 g/mol. The van der Waals surface area contributed by atoms with Gasteiger partial charge in [0.25, 0.3) is 0 Å². The molecule has 0 aromatic heterocycles. The molecule has 1 amide bonds. The van der Waals surface area contributed by atoms with Crippen molar-refractivity contribution in [3.05, 3.63) is 35.9 Å². The van der Waals surface area contributed by atoms with Gasteiger partial charge in [0.05, 0.1) is 6.04 Å². The van der Waals surface area contributed by atoms with Crippen molar-refractivity contribution < 1.29 is 4.79 Å². The van der Waals surface area contributed by atoms with Gasteiger partial charge in [-0.2, -0.15) is 0 Å². The fraction of sp³-hybridized carbons (Fsp3) is 0.588. The number of benzene rings is 1. The zero-order valence-corrected chi connectivity index (χ0v) is 13.3. The molecule has 2 saturated heterocycles. The highest BCUT2D eigenvalue weighted by Crippen LogP contribution is 2.22. The summed E-state index contributed by atoms with van der Waals surface area (Å²) in [6.07, 6.45) is 5.64. The second kappa shape index (κ2) is 7.81. The Morgan fingerprint density at radius 3 is 2.71 bits per heavy atom. The number of likely N-dealkylation sites (tertiary alicyclic amines) is 1. The lowest BCUT2D eigenvalue weighted by atomic mass is 9.91. The highest BCUT2D eigenvalue weighted by Gasteiger charge is 2.30. The lowest BCUT2D eigenvalue weighted by Crippen LogP contribution is -2.48. The molecule has 116 valence electrons. The second-order valence-corrected chi connectivity index (χ2v) is 6.13. The monoisotopic (exact) mass is 308 g/mol. The van der Waals surface area contributed by atoms with Crippen LogP contribution in [0.1, 0.15) is 31.2 Å². The third-order valence-corrected chi connectivity index (χ3v) is 4.56. The molecule has 1 aromatic rings. The third kappa shape index (κ3) is 4.21. The summed E-state index contributed by atoms with van der Waals surface area (Å²) < 4.78 is 0. The van der Waals surface area contributed by atoms with Crippen molar-refractivity contribution in [2.45, 2.75) is 38.1 Å². The van der Waals surface area contributed by atoms with Gasteiger partial charge < -0.3 is 10.2 Å². The number of piperidine rings is 1. The van der Waals surface area contributed by atoms with Gasteiger partial charge >= 0.3 is 0 Å². The van der Waals surface area contributed by atoms with Crippen LogP contribution in [0.5, 0.6) is 0 Å². The normalized spacial score (nSPS) is 25.4. The average molecular weight is 309 g/mol. The summed E-state index contributed by atoms with van der Waals surface area (Å²) in [4.78, 5) is 14.6. The van der Waals surface area contributed by atoms with Crippen molar-refractivity contribution in [2.24, 2.45) is 5.92 Å². The van der Waals surface area contributed by atoms with Crippen LogP contribution >= 0.6 is 12.4 Å². The molecule has 0 spiro atoms. The Hall–Kier alpha value is -1.06. The lowest BCUT2D eigenvalue weighted by Gasteiger charge is -2.34. The van der Waals surface area contributed by atoms with E-state index in [1.807, 2.05) is 0 Å². The third-order valence-electron chi connectivity index (χ3n) is 4.56. The largest absolute Gasteiger partial charge is 0.341 e. The Kier molecular flexibility index (Phi) is 6.07. The quantitative estimate of drug-likeness (QED) is 0.931. The minimum atomic E-state index is 0. The maximum absolute atomic E-state index is 12.5. The first-order chi connectivity index (χ1) is 9.83. The van der Waals surface area contributed by atoms with Crippen molar-refractivity contribution in [3.8, 4) is 0 Å². The average Bonchev–Trinajstić information content (AvgIpc) is 3.02. The van der Waals surface area contributed by atoms with E-state index in [9.17, 15) is 4.79 Å². The summed E-state index contributed by atoms with van der Waals surface area (Å²) in [5.41, 5.74) is 1.39. The molecule has 21 heavy (non-hydrogen) atoms. The van der Waals surface area contributed by atoms with E-state index in [2.05, 4.69) is 40.5 Å². The molecule has 2 aliphatic rings. The van der Waals surface area contributed by atoms with Crippen LogP contribution in [0.15, 0.2) is 30.3 Å². The SMILES string of the molecule is Cl.O=C(C1CCCN1)N1CCCC(Cc2ccccc2)C1. The van der Waals surface area contributed by atoms with Crippen LogP contribution in [0, 0.1) is 5.92 Å². The standard InChI is InChI=1S/C17H24N2O.ClH/c20-17(16-9-4-10-18-16)19-11-5-8-15(13-19)12-14-6-2-1-3-7-14;/h1-3,6-7,15-16,18H,4-5,8-13H2;1H. The summed E-state index contributed by atoms with van der Waals surface area (Å²) in [5.74, 6) is 0.955. The van der Waals surface area contributed by atoms with E-state index in [1.54, 1.807) is 0 Å². The molecule has 2 heterocycles. The molecule has 2 atom stereocenters. The number of rotatable bonds is 3. The lowest BCUT2D eigenvalue weighted by molar-refractivity contribution is -0.134. The van der Waals surface area contributed by atoms with Crippen molar-refractivity contribution in [1.82, 2.24) is 10.2 Å². The zero-order valence-electron chi connectivity index (χ0n) is 12.5. The van der Waals surface area contributed by atoms with Gasteiger partial charge in [-0.25, -0.2) is 0 Å². The van der Waals surface area contributed by atoms with Crippen LogP contribution in [0.3, 0.4) is 0 Å². The topological polar surface area (TPSA) is 32.3 Å². The number of hydrogen-bond acceptors (Lipinski definition) is 2. The minimum Gasteiger partial charge on any atom is -0.341 e. The Morgan fingerprint density at radius 2 is 2.00 bits per heavy atom. The predicted molar refractivity (Wildman–Crippen MR) is 87.7 cm³/mol. The summed E-state index contributed by atoms with van der Waals surface area (Å²) in [7, 11) is 0. The van der Waals surface area contributed by atoms with Gasteiger partial charge in [-0.1, -0.05) is 30.3 Å². The van der Waals surface area contributed by atoms with Gasteiger partial charge in [-0.05, 0) is 50.1 Å². The molecule has 2 fully saturated rings. The number of halogens is 1. The molecule has 0 saturated carbocycles. The molecule has 4 heteroatoms. The van der Waals surface area contributed by atoms with Crippen LogP contribution in [-0.2, 0) is 11.2 Å². The second-order valence-electron chi connectivity index (χ2n) is 6.13. The first kappa shape index (κ1) is 16.3. The molecule has 2 unspecified atom stereocenters. The Labute approximate surface area is 133 Å². The van der Waals surface area contributed by atoms with Crippen molar-refractivity contribution >= 4 is 18.3 Å². The maximum Gasteiger partial charge on any atom is 0.239 e. The van der Waals surface area contributed by atoms with Gasteiger partial charge in [0, 0.05) is 13.1 Å². The van der Waals surface area contributed by atoms with E-state index in [-0.39, 0.29) is 18.4 Å². The summed E-state index contributed by atoms with van der Waals surface area (Å²) >= 11 is 0. The van der Waals surface area contributed by atoms with E-state index >= 15 is 0 Å². The van der Waals surface area contributed by atoms with E-state index in [0.717, 1.165) is 45.3 Å². The van der Waals surface area contributed by atoms with Crippen LogP contribution in [0.25, 0.3) is 0 Å². The van der Waals surface area contributed by atoms with Crippen molar-refractivity contribution in [3.63, 3.8) is 0 Å². The number of nitrogens with one attached hydrogen (secondary N) is 1. The Bertz CT molecular complexity index is 445. The van der Waals surface area contributed by atoms with Crippen LogP contribution in [-0.4, -0.2) is 36.5 Å². The molecule has 3 nitrogen and oxygen atoms in total. The van der Waals surface area contributed by atoms with Crippen LogP contribution in [0.2, 0.25) is 0 Å². The van der Waals surface area contributed by atoms with Gasteiger partial charge in [-0.15, -0.1) is 12.4 Å². The van der Waals surface area contributed by atoms with Gasteiger partial charge in [0.2, 0.25) is 5.91 Å². The molecular formula is C17H25ClN2O. The molecule has 3 rings (SSSR count). The molecule has 0 bridgehead atoms. The number of hydrogen-bond donors (Lipinski definition) is 1. The van der Waals surface area contributed by atoms with Gasteiger partial charge in [0.1, 0.15) is 0 Å². The molecule has 1 aromatic carbocycles. The fourth-order valence-electron chi connectivity index (χ4n) is 3.49. The van der Waals surface area contributed by atoms with Crippen molar-refractivity contribution in [1.29, 1.82) is 0 Å². The fourth-order valence-corrected chi connectivity index (χ4v) is 3.49. The number of carbonyl (C=O) groups excluding carboxylic acids is 1. The number of nitrogens with zero attached hydrogens (tertiary/aromatic N) is 1. The minimum absolute atomic E-state index is 0. The van der Waals surface area contributed by atoms with E-state index in [0.29, 0.717) is 11.8 Å². The van der Waals surface area contributed by atoms with Crippen LogP contribution < -0.4 is 5.32 Å². The van der Waals surface area contributed by atoms with Gasteiger partial charge in [-0.3, -0.25) is 4.79 Å². The Morgan fingerprint density at radius 1 is 1.19 bits per heavy atom.